The van der Waals surface area contributed by atoms with Gasteiger partial charge in [0.25, 0.3) is 11.6 Å². The highest BCUT2D eigenvalue weighted by Gasteiger charge is 2.25. The maximum Gasteiger partial charge on any atom is 0.269 e. The van der Waals surface area contributed by atoms with Crippen LogP contribution in [0, 0.1) is 10.1 Å². The first-order chi connectivity index (χ1) is 8.91. The van der Waals surface area contributed by atoms with E-state index < -0.39 is 29.6 Å². The Balaban J connectivity index is 2.66. The molecule has 104 valence electrons. The predicted octanol–water partition coefficient (Wildman–Crippen LogP) is -0.960. The highest BCUT2D eigenvalue weighted by molar-refractivity contribution is 5.94. The number of hydrogen-bond acceptors (Lipinski definition) is 6. The van der Waals surface area contributed by atoms with Crippen molar-refractivity contribution in [2.45, 2.75) is 5.60 Å². The van der Waals surface area contributed by atoms with Crippen molar-refractivity contribution < 1.29 is 25.0 Å². The molecule has 0 spiro atoms. The van der Waals surface area contributed by atoms with Crippen LogP contribution in [-0.4, -0.2) is 51.5 Å². The zero-order valence-corrected chi connectivity index (χ0v) is 9.94. The van der Waals surface area contributed by atoms with E-state index in [1.165, 1.54) is 24.3 Å². The lowest BCUT2D eigenvalue weighted by atomic mass is 10.1. The Morgan fingerprint density at radius 3 is 2.21 bits per heavy atom. The second-order valence-electron chi connectivity index (χ2n) is 4.03. The molecular formula is C11H14N2O6. The molecule has 4 N–H and O–H groups in total. The molecule has 0 aromatic heterocycles. The van der Waals surface area contributed by atoms with E-state index in [9.17, 15) is 20.0 Å². The van der Waals surface area contributed by atoms with Crippen molar-refractivity contribution in [3.8, 4) is 0 Å². The zero-order chi connectivity index (χ0) is 14.5. The number of carbonyl (C=O) groups excluding carboxylic acids is 1. The minimum absolute atomic E-state index is 0.140. The fourth-order valence-electron chi connectivity index (χ4n) is 1.24. The summed E-state index contributed by atoms with van der Waals surface area (Å²) in [4.78, 5) is 21.5. The number of benzene rings is 1. The van der Waals surface area contributed by atoms with Crippen LogP contribution in [0.1, 0.15) is 10.4 Å². The van der Waals surface area contributed by atoms with Gasteiger partial charge in [0.15, 0.2) is 0 Å². The quantitative estimate of drug-likeness (QED) is 0.388. The van der Waals surface area contributed by atoms with Crippen molar-refractivity contribution in [3.05, 3.63) is 39.9 Å². The van der Waals surface area contributed by atoms with E-state index in [1.807, 2.05) is 0 Å². The van der Waals surface area contributed by atoms with Gasteiger partial charge in [-0.1, -0.05) is 0 Å². The monoisotopic (exact) mass is 270 g/mol. The first-order valence-corrected chi connectivity index (χ1v) is 5.38. The van der Waals surface area contributed by atoms with Gasteiger partial charge in [0.1, 0.15) is 5.60 Å². The van der Waals surface area contributed by atoms with Gasteiger partial charge in [0.05, 0.1) is 24.7 Å². The Morgan fingerprint density at radius 2 is 1.79 bits per heavy atom. The highest BCUT2D eigenvalue weighted by atomic mass is 16.6. The lowest BCUT2D eigenvalue weighted by Gasteiger charge is -2.23. The number of nitro benzene ring substituents is 1. The van der Waals surface area contributed by atoms with Gasteiger partial charge in [-0.25, -0.2) is 0 Å². The Bertz CT molecular complexity index is 455. The van der Waals surface area contributed by atoms with Gasteiger partial charge in [0, 0.05) is 17.7 Å². The number of aliphatic hydroxyl groups excluding tert-OH is 2. The SMILES string of the molecule is O=C(NCC(O)(CO)CO)c1ccc([N+](=O)[O-])cc1. The van der Waals surface area contributed by atoms with Crippen molar-refractivity contribution in [1.29, 1.82) is 0 Å². The number of rotatable bonds is 6. The number of amides is 1. The van der Waals surface area contributed by atoms with E-state index >= 15 is 0 Å². The fraction of sp³-hybridized carbons (Fsp3) is 0.364. The van der Waals surface area contributed by atoms with Crippen LogP contribution in [0.3, 0.4) is 0 Å². The molecule has 0 aliphatic carbocycles. The van der Waals surface area contributed by atoms with Crippen molar-refractivity contribution in [3.63, 3.8) is 0 Å². The number of nitrogens with zero attached hydrogens (tertiary/aromatic N) is 1. The molecule has 0 aliphatic heterocycles. The number of nitro groups is 1. The van der Waals surface area contributed by atoms with Crippen LogP contribution in [0.25, 0.3) is 0 Å². The third kappa shape index (κ3) is 3.98. The molecule has 0 heterocycles. The van der Waals surface area contributed by atoms with Gasteiger partial charge in [-0.3, -0.25) is 14.9 Å². The summed E-state index contributed by atoms with van der Waals surface area (Å²) in [5.74, 6) is -0.574. The van der Waals surface area contributed by atoms with E-state index in [1.54, 1.807) is 0 Å². The Hall–Kier alpha value is -2.03. The van der Waals surface area contributed by atoms with E-state index in [2.05, 4.69) is 5.32 Å². The molecular weight excluding hydrogens is 256 g/mol. The number of non-ortho nitro benzene ring substituents is 1. The topological polar surface area (TPSA) is 133 Å². The van der Waals surface area contributed by atoms with Crippen molar-refractivity contribution in [2.75, 3.05) is 19.8 Å². The summed E-state index contributed by atoms with van der Waals surface area (Å²) in [6.07, 6.45) is 0. The number of carbonyl (C=O) groups is 1. The summed E-state index contributed by atoms with van der Waals surface area (Å²) in [5.41, 5.74) is -1.77. The molecule has 8 heteroatoms. The Morgan fingerprint density at radius 1 is 1.26 bits per heavy atom. The number of hydrogen-bond donors (Lipinski definition) is 4. The van der Waals surface area contributed by atoms with Gasteiger partial charge in [-0.05, 0) is 12.1 Å². The normalized spacial score (nSPS) is 11.1. The first kappa shape index (κ1) is 15.0. The summed E-state index contributed by atoms with van der Waals surface area (Å²) in [7, 11) is 0. The molecule has 0 saturated heterocycles. The fourth-order valence-corrected chi connectivity index (χ4v) is 1.24. The van der Waals surface area contributed by atoms with Gasteiger partial charge < -0.3 is 20.6 Å². The zero-order valence-electron chi connectivity index (χ0n) is 9.94. The van der Waals surface area contributed by atoms with Crippen LogP contribution in [0.4, 0.5) is 5.69 Å². The summed E-state index contributed by atoms with van der Waals surface area (Å²) < 4.78 is 0. The molecule has 0 atom stereocenters. The molecule has 0 unspecified atom stereocenters. The van der Waals surface area contributed by atoms with Gasteiger partial charge in [0.2, 0.25) is 0 Å². The average molecular weight is 270 g/mol. The van der Waals surface area contributed by atoms with Crippen LogP contribution in [0.2, 0.25) is 0 Å². The third-order valence-corrected chi connectivity index (χ3v) is 2.51. The lowest BCUT2D eigenvalue weighted by molar-refractivity contribution is -0.384. The minimum Gasteiger partial charge on any atom is -0.393 e. The largest absolute Gasteiger partial charge is 0.393 e. The minimum atomic E-state index is -1.80. The van der Waals surface area contributed by atoms with Gasteiger partial charge >= 0.3 is 0 Å². The summed E-state index contributed by atoms with van der Waals surface area (Å²) in [6.45, 7) is -1.75. The maximum absolute atomic E-state index is 11.6. The molecule has 0 saturated carbocycles. The van der Waals surface area contributed by atoms with Crippen molar-refractivity contribution in [1.82, 2.24) is 5.32 Å². The molecule has 1 rings (SSSR count). The standard InChI is InChI=1S/C11H14N2O6/c14-6-11(17,7-15)5-12-10(16)8-1-3-9(4-2-8)13(18)19/h1-4,14-15,17H,5-7H2,(H,12,16). The van der Waals surface area contributed by atoms with Crippen LogP contribution in [0.5, 0.6) is 0 Å². The van der Waals surface area contributed by atoms with Gasteiger partial charge in [-0.2, -0.15) is 0 Å². The molecule has 0 radical (unpaired) electrons. The molecule has 1 amide bonds. The molecule has 8 nitrogen and oxygen atoms in total. The summed E-state index contributed by atoms with van der Waals surface area (Å²) in [5, 5.41) is 39.9. The Kier molecular flexibility index (Phi) is 4.93. The number of nitrogens with one attached hydrogen (secondary N) is 1. The molecule has 1 aromatic carbocycles. The second-order valence-corrected chi connectivity index (χ2v) is 4.03. The van der Waals surface area contributed by atoms with Crippen molar-refractivity contribution in [2.24, 2.45) is 0 Å². The Labute approximate surface area is 108 Å². The van der Waals surface area contributed by atoms with E-state index in [0.29, 0.717) is 0 Å². The summed E-state index contributed by atoms with van der Waals surface area (Å²) in [6, 6.07) is 4.90. The lowest BCUT2D eigenvalue weighted by Crippen LogP contribution is -2.48. The molecule has 19 heavy (non-hydrogen) atoms. The molecule has 1 aromatic rings. The molecule has 0 aliphatic rings. The van der Waals surface area contributed by atoms with E-state index in [4.69, 9.17) is 10.2 Å². The van der Waals surface area contributed by atoms with Crippen LogP contribution < -0.4 is 5.32 Å². The predicted molar refractivity (Wildman–Crippen MR) is 64.6 cm³/mol. The third-order valence-electron chi connectivity index (χ3n) is 2.51. The number of aliphatic hydroxyl groups is 3. The highest BCUT2D eigenvalue weighted by Crippen LogP contribution is 2.12. The van der Waals surface area contributed by atoms with Crippen LogP contribution in [-0.2, 0) is 0 Å². The van der Waals surface area contributed by atoms with E-state index in [-0.39, 0.29) is 17.8 Å². The van der Waals surface area contributed by atoms with Gasteiger partial charge in [-0.15, -0.1) is 0 Å². The molecule has 0 fully saturated rings. The first-order valence-electron chi connectivity index (χ1n) is 5.38. The van der Waals surface area contributed by atoms with E-state index in [0.717, 1.165) is 0 Å². The maximum atomic E-state index is 11.6. The van der Waals surface area contributed by atoms with Crippen LogP contribution >= 0.6 is 0 Å². The molecule has 0 bridgehead atoms. The van der Waals surface area contributed by atoms with Crippen molar-refractivity contribution >= 4 is 11.6 Å². The second kappa shape index (κ2) is 6.23. The smallest absolute Gasteiger partial charge is 0.269 e. The van der Waals surface area contributed by atoms with Crippen LogP contribution in [0.15, 0.2) is 24.3 Å². The summed E-state index contributed by atoms with van der Waals surface area (Å²) >= 11 is 0. The average Bonchev–Trinajstić information content (AvgIpc) is 2.44.